The van der Waals surface area contributed by atoms with Crippen molar-refractivity contribution in [1.29, 1.82) is 0 Å². The Balaban J connectivity index is 1.84. The minimum Gasteiger partial charge on any atom is -0.396 e. The van der Waals surface area contributed by atoms with Crippen molar-refractivity contribution in [2.75, 3.05) is 13.2 Å². The van der Waals surface area contributed by atoms with Crippen molar-refractivity contribution < 1.29 is 9.90 Å². The zero-order chi connectivity index (χ0) is 19.2. The van der Waals surface area contributed by atoms with Gasteiger partial charge in [0, 0.05) is 32.4 Å². The van der Waals surface area contributed by atoms with Crippen LogP contribution in [0.15, 0.2) is 48.9 Å². The summed E-state index contributed by atoms with van der Waals surface area (Å²) in [5.41, 5.74) is 3.10. The lowest BCUT2D eigenvalue weighted by Gasteiger charge is -2.22. The third-order valence-electron chi connectivity index (χ3n) is 4.35. The number of pyridine rings is 1. The van der Waals surface area contributed by atoms with Gasteiger partial charge in [0.25, 0.3) is 5.91 Å². The van der Waals surface area contributed by atoms with Crippen LogP contribution in [0.2, 0.25) is 0 Å². The molecule has 142 valence electrons. The van der Waals surface area contributed by atoms with Gasteiger partial charge in [0.05, 0.1) is 11.9 Å². The number of hydrogen-bond donors (Lipinski definition) is 1. The predicted molar refractivity (Wildman–Crippen MR) is 105 cm³/mol. The van der Waals surface area contributed by atoms with Gasteiger partial charge in [0.1, 0.15) is 5.52 Å². The van der Waals surface area contributed by atoms with Crippen molar-refractivity contribution in [2.45, 2.75) is 33.4 Å². The molecule has 0 unspecified atom stereocenters. The number of carbonyl (C=O) groups is 1. The maximum atomic E-state index is 13.1. The van der Waals surface area contributed by atoms with Crippen LogP contribution in [0.1, 0.15) is 36.2 Å². The number of imidazole rings is 1. The first-order chi connectivity index (χ1) is 13.1. The Morgan fingerprint density at radius 1 is 1.22 bits per heavy atom. The fraction of sp³-hybridized carbons (Fsp3) is 0.381. The van der Waals surface area contributed by atoms with Crippen LogP contribution < -0.4 is 0 Å². The van der Waals surface area contributed by atoms with E-state index in [2.05, 4.69) is 23.8 Å². The summed E-state index contributed by atoms with van der Waals surface area (Å²) in [5, 5.41) is 9.19. The standard InChI is InChI=1S/C21H26N4O2/c1-16(2)13-25-15-23-19-11-18(12-22-20(19)25)21(27)24(9-6-10-26)14-17-7-4-3-5-8-17/h3-5,7-8,11-12,15-16,26H,6,9-10,13-14H2,1-2H3. The molecule has 0 aliphatic carbocycles. The summed E-state index contributed by atoms with van der Waals surface area (Å²) in [4.78, 5) is 23.7. The maximum Gasteiger partial charge on any atom is 0.255 e. The Labute approximate surface area is 159 Å². The lowest BCUT2D eigenvalue weighted by molar-refractivity contribution is 0.0731. The Bertz CT molecular complexity index is 890. The van der Waals surface area contributed by atoms with Gasteiger partial charge in [0.15, 0.2) is 5.65 Å². The Morgan fingerprint density at radius 2 is 2.00 bits per heavy atom. The number of benzene rings is 1. The number of amides is 1. The molecule has 6 nitrogen and oxygen atoms in total. The Hall–Kier alpha value is -2.73. The topological polar surface area (TPSA) is 71.2 Å². The molecule has 0 atom stereocenters. The number of rotatable bonds is 8. The molecule has 2 aromatic heterocycles. The molecule has 0 radical (unpaired) electrons. The van der Waals surface area contributed by atoms with Crippen LogP contribution in [0.3, 0.4) is 0 Å². The van der Waals surface area contributed by atoms with E-state index < -0.39 is 0 Å². The van der Waals surface area contributed by atoms with Crippen LogP contribution >= 0.6 is 0 Å². The van der Waals surface area contributed by atoms with Gasteiger partial charge in [-0.25, -0.2) is 9.97 Å². The quantitative estimate of drug-likeness (QED) is 0.665. The molecule has 1 aromatic carbocycles. The molecule has 1 N–H and O–H groups in total. The molecular weight excluding hydrogens is 340 g/mol. The van der Waals surface area contributed by atoms with Crippen molar-refractivity contribution in [3.05, 3.63) is 60.0 Å². The molecule has 1 amide bonds. The zero-order valence-electron chi connectivity index (χ0n) is 15.9. The van der Waals surface area contributed by atoms with E-state index in [4.69, 9.17) is 0 Å². The van der Waals surface area contributed by atoms with Gasteiger partial charge >= 0.3 is 0 Å². The van der Waals surface area contributed by atoms with Gasteiger partial charge in [-0.05, 0) is 24.0 Å². The van der Waals surface area contributed by atoms with Gasteiger partial charge in [0.2, 0.25) is 0 Å². The molecular formula is C21H26N4O2. The first kappa shape index (κ1) is 19.0. The SMILES string of the molecule is CC(C)Cn1cnc2cc(C(=O)N(CCCO)Cc3ccccc3)cnc21. The molecule has 2 heterocycles. The molecule has 6 heteroatoms. The van der Waals surface area contributed by atoms with Gasteiger partial charge in [-0.3, -0.25) is 4.79 Å². The van der Waals surface area contributed by atoms with Gasteiger partial charge in [-0.2, -0.15) is 0 Å². The second kappa shape index (κ2) is 8.77. The molecule has 27 heavy (non-hydrogen) atoms. The highest BCUT2D eigenvalue weighted by atomic mass is 16.3. The molecule has 0 saturated heterocycles. The van der Waals surface area contributed by atoms with Crippen molar-refractivity contribution in [2.24, 2.45) is 5.92 Å². The maximum absolute atomic E-state index is 13.1. The second-order valence-corrected chi connectivity index (χ2v) is 7.15. The van der Waals surface area contributed by atoms with E-state index in [-0.39, 0.29) is 12.5 Å². The molecule has 0 fully saturated rings. The second-order valence-electron chi connectivity index (χ2n) is 7.15. The summed E-state index contributed by atoms with van der Waals surface area (Å²) in [6.07, 6.45) is 3.94. The molecule has 3 rings (SSSR count). The van der Waals surface area contributed by atoms with E-state index in [9.17, 15) is 9.90 Å². The number of carbonyl (C=O) groups excluding carboxylic acids is 1. The molecule has 0 aliphatic heterocycles. The van der Waals surface area contributed by atoms with Crippen LogP contribution in [0, 0.1) is 5.92 Å². The third-order valence-corrected chi connectivity index (χ3v) is 4.35. The number of aliphatic hydroxyl groups excluding tert-OH is 1. The van der Waals surface area contributed by atoms with Gasteiger partial charge in [-0.1, -0.05) is 44.2 Å². The van der Waals surface area contributed by atoms with Crippen LogP contribution in [0.25, 0.3) is 11.2 Å². The third kappa shape index (κ3) is 4.71. The number of aromatic nitrogens is 3. The predicted octanol–water partition coefficient (Wildman–Crippen LogP) is 3.11. The van der Waals surface area contributed by atoms with Crippen molar-refractivity contribution >= 4 is 17.1 Å². The first-order valence-corrected chi connectivity index (χ1v) is 9.33. The Kier molecular flexibility index (Phi) is 6.19. The van der Waals surface area contributed by atoms with Crippen LogP contribution in [-0.4, -0.2) is 43.6 Å². The first-order valence-electron chi connectivity index (χ1n) is 9.33. The van der Waals surface area contributed by atoms with Gasteiger partial charge < -0.3 is 14.6 Å². The fourth-order valence-electron chi connectivity index (χ4n) is 3.09. The highest BCUT2D eigenvalue weighted by Gasteiger charge is 2.18. The summed E-state index contributed by atoms with van der Waals surface area (Å²) >= 11 is 0. The van der Waals surface area contributed by atoms with E-state index >= 15 is 0 Å². The summed E-state index contributed by atoms with van der Waals surface area (Å²) < 4.78 is 2.02. The monoisotopic (exact) mass is 366 g/mol. The molecule has 0 bridgehead atoms. The van der Waals surface area contributed by atoms with Crippen LogP contribution in [0.5, 0.6) is 0 Å². The zero-order valence-corrected chi connectivity index (χ0v) is 15.9. The van der Waals surface area contributed by atoms with Gasteiger partial charge in [-0.15, -0.1) is 0 Å². The van der Waals surface area contributed by atoms with Crippen LogP contribution in [0.4, 0.5) is 0 Å². The fourth-order valence-corrected chi connectivity index (χ4v) is 3.09. The largest absolute Gasteiger partial charge is 0.396 e. The number of nitrogens with zero attached hydrogens (tertiary/aromatic N) is 4. The average Bonchev–Trinajstić information content (AvgIpc) is 3.06. The van der Waals surface area contributed by atoms with Crippen molar-refractivity contribution in [1.82, 2.24) is 19.4 Å². The van der Waals surface area contributed by atoms with E-state index in [1.165, 1.54) is 0 Å². The molecule has 0 saturated carbocycles. The molecule has 0 aliphatic rings. The molecule has 3 aromatic rings. The molecule has 0 spiro atoms. The smallest absolute Gasteiger partial charge is 0.255 e. The highest BCUT2D eigenvalue weighted by Crippen LogP contribution is 2.16. The van der Waals surface area contributed by atoms with Crippen LogP contribution in [-0.2, 0) is 13.1 Å². The summed E-state index contributed by atoms with van der Waals surface area (Å²) in [5.74, 6) is 0.394. The van der Waals surface area contributed by atoms with Crippen molar-refractivity contribution in [3.8, 4) is 0 Å². The lowest BCUT2D eigenvalue weighted by Crippen LogP contribution is -2.32. The number of aliphatic hydroxyl groups is 1. The van der Waals surface area contributed by atoms with E-state index in [0.717, 1.165) is 23.3 Å². The minimum absolute atomic E-state index is 0.0511. The average molecular weight is 366 g/mol. The highest BCUT2D eigenvalue weighted by molar-refractivity contribution is 5.96. The minimum atomic E-state index is -0.0971. The normalized spacial score (nSPS) is 11.3. The summed E-state index contributed by atoms with van der Waals surface area (Å²) in [6, 6.07) is 11.7. The van der Waals surface area contributed by atoms with E-state index in [0.29, 0.717) is 31.0 Å². The Morgan fingerprint density at radius 3 is 2.70 bits per heavy atom. The lowest BCUT2D eigenvalue weighted by atomic mass is 10.1. The van der Waals surface area contributed by atoms with E-state index in [1.54, 1.807) is 23.5 Å². The number of fused-ring (bicyclic) bond motifs is 1. The number of hydrogen-bond acceptors (Lipinski definition) is 4. The summed E-state index contributed by atoms with van der Waals surface area (Å²) in [6.45, 7) is 6.17. The van der Waals surface area contributed by atoms with E-state index in [1.807, 2.05) is 34.9 Å². The van der Waals surface area contributed by atoms with Crippen molar-refractivity contribution in [3.63, 3.8) is 0 Å². The summed E-state index contributed by atoms with van der Waals surface area (Å²) in [7, 11) is 0.